The summed E-state index contributed by atoms with van der Waals surface area (Å²) in [4.78, 5) is 38.6. The van der Waals surface area contributed by atoms with Crippen LogP contribution in [0.15, 0.2) is 72.4 Å². The maximum absolute atomic E-state index is 11.1. The van der Waals surface area contributed by atoms with Crippen LogP contribution in [0.5, 0.6) is 11.5 Å². The molecule has 0 aliphatic rings. The largest absolute Gasteiger partial charge is 0.429 e. The van der Waals surface area contributed by atoms with Gasteiger partial charge in [-0.1, -0.05) is 5.92 Å². The molecule has 0 radical (unpaired) electrons. The Morgan fingerprint density at radius 1 is 0.784 bits per heavy atom. The van der Waals surface area contributed by atoms with E-state index in [2.05, 4.69) is 40.0 Å². The molecule has 0 atom stereocenters. The molecule has 9 heteroatoms. The van der Waals surface area contributed by atoms with Crippen molar-refractivity contribution >= 4 is 35.6 Å². The standard InChI is InChI=1S/C28H17N3O4S2/c1-2-3-27-21(8-11-36-27)28-5-4-26(37-28)18-6-9-29-22(12-18)24-14-20(35-17-33)15-25(31-24)23-13-19(34-16-32)7-10-30-23/h4-17H,1H3. The lowest BCUT2D eigenvalue weighted by atomic mass is 10.1. The SMILES string of the molecule is CC#Cc1sccc1-c1ccc(-c2ccnc(-c3cc(OC=O)cc(-c4cc(OC=O)ccn4)n3)c2)s1. The monoisotopic (exact) mass is 523 g/mol. The van der Waals surface area contributed by atoms with Crippen molar-refractivity contribution in [3.63, 3.8) is 0 Å². The van der Waals surface area contributed by atoms with E-state index in [0.717, 1.165) is 25.8 Å². The van der Waals surface area contributed by atoms with E-state index in [-0.39, 0.29) is 5.75 Å². The average molecular weight is 524 g/mol. The molecule has 5 aromatic rings. The summed E-state index contributed by atoms with van der Waals surface area (Å²) in [7, 11) is 0. The van der Waals surface area contributed by atoms with Gasteiger partial charge in [-0.25, -0.2) is 4.98 Å². The zero-order valence-corrected chi connectivity index (χ0v) is 21.0. The van der Waals surface area contributed by atoms with Crippen molar-refractivity contribution in [3.05, 3.63) is 77.2 Å². The Kier molecular flexibility index (Phi) is 7.12. The summed E-state index contributed by atoms with van der Waals surface area (Å²) in [6.45, 7) is 2.52. The minimum Gasteiger partial charge on any atom is -0.429 e. The van der Waals surface area contributed by atoms with E-state index >= 15 is 0 Å². The summed E-state index contributed by atoms with van der Waals surface area (Å²) < 4.78 is 10.0. The van der Waals surface area contributed by atoms with Crippen molar-refractivity contribution < 1.29 is 19.1 Å². The van der Waals surface area contributed by atoms with Gasteiger partial charge in [-0.3, -0.25) is 19.6 Å². The number of carbonyl (C=O) groups is 2. The zero-order chi connectivity index (χ0) is 25.6. The summed E-state index contributed by atoms with van der Waals surface area (Å²) in [5, 5.41) is 2.05. The number of carbonyl (C=O) groups excluding carboxylic acids is 2. The van der Waals surface area contributed by atoms with Crippen LogP contribution in [0.4, 0.5) is 0 Å². The first kappa shape index (κ1) is 24.1. The molecule has 7 nitrogen and oxygen atoms in total. The van der Waals surface area contributed by atoms with Gasteiger partial charge in [0.15, 0.2) is 0 Å². The fourth-order valence-corrected chi connectivity index (χ4v) is 5.55. The second-order valence-corrected chi connectivity index (χ2v) is 9.51. The van der Waals surface area contributed by atoms with E-state index in [0.29, 0.717) is 41.5 Å². The lowest BCUT2D eigenvalue weighted by Gasteiger charge is -2.09. The smallest absolute Gasteiger partial charge is 0.298 e. The highest BCUT2D eigenvalue weighted by molar-refractivity contribution is 7.19. The molecule has 0 N–H and O–H groups in total. The Balaban J connectivity index is 1.53. The van der Waals surface area contributed by atoms with Gasteiger partial charge in [0.05, 0.1) is 27.7 Å². The van der Waals surface area contributed by atoms with Crippen LogP contribution in [-0.2, 0) is 9.59 Å². The Bertz CT molecular complexity index is 1660. The molecule has 0 aromatic carbocycles. The second-order valence-electron chi connectivity index (χ2n) is 7.51. The summed E-state index contributed by atoms with van der Waals surface area (Å²) in [5.74, 6) is 6.74. The van der Waals surface area contributed by atoms with Crippen LogP contribution in [0.1, 0.15) is 11.8 Å². The molecule has 5 heterocycles. The van der Waals surface area contributed by atoms with Crippen LogP contribution in [0.25, 0.3) is 43.7 Å². The van der Waals surface area contributed by atoms with Gasteiger partial charge in [-0.2, -0.15) is 0 Å². The lowest BCUT2D eigenvalue weighted by molar-refractivity contribution is -0.121. The normalized spacial score (nSPS) is 10.3. The fraction of sp³-hybridized carbons (Fsp3) is 0.0357. The van der Waals surface area contributed by atoms with E-state index in [1.165, 1.54) is 6.20 Å². The molecule has 0 saturated carbocycles. The molecule has 5 aromatic heterocycles. The van der Waals surface area contributed by atoms with Gasteiger partial charge in [-0.15, -0.1) is 28.6 Å². The molecule has 0 bridgehead atoms. The molecule has 0 aliphatic heterocycles. The molecule has 37 heavy (non-hydrogen) atoms. The zero-order valence-electron chi connectivity index (χ0n) is 19.4. The van der Waals surface area contributed by atoms with Gasteiger partial charge in [0, 0.05) is 45.9 Å². The Morgan fingerprint density at radius 3 is 2.22 bits per heavy atom. The van der Waals surface area contributed by atoms with Crippen molar-refractivity contribution in [1.29, 1.82) is 0 Å². The van der Waals surface area contributed by atoms with Crippen LogP contribution in [-0.4, -0.2) is 27.9 Å². The Hall–Kier alpha value is -4.65. The molecule has 180 valence electrons. The molecular formula is C28H17N3O4S2. The molecule has 0 aliphatic carbocycles. The molecule has 5 rings (SSSR count). The van der Waals surface area contributed by atoms with Crippen LogP contribution in [0, 0.1) is 11.8 Å². The molecular weight excluding hydrogens is 506 g/mol. The third-order valence-electron chi connectivity index (χ3n) is 5.24. The molecule has 0 unspecified atom stereocenters. The van der Waals surface area contributed by atoms with E-state index in [4.69, 9.17) is 14.5 Å². The number of aromatic nitrogens is 3. The van der Waals surface area contributed by atoms with Crippen molar-refractivity contribution in [3.8, 4) is 67.0 Å². The number of pyridine rings is 3. The van der Waals surface area contributed by atoms with Gasteiger partial charge in [0.25, 0.3) is 12.9 Å². The lowest BCUT2D eigenvalue weighted by Crippen LogP contribution is -1.97. The van der Waals surface area contributed by atoms with Crippen LogP contribution >= 0.6 is 22.7 Å². The predicted molar refractivity (Wildman–Crippen MR) is 143 cm³/mol. The van der Waals surface area contributed by atoms with E-state index in [1.54, 1.807) is 53.1 Å². The van der Waals surface area contributed by atoms with Crippen molar-refractivity contribution in [2.24, 2.45) is 0 Å². The third kappa shape index (κ3) is 5.30. The van der Waals surface area contributed by atoms with E-state index in [1.807, 2.05) is 24.4 Å². The number of hydrogen-bond acceptors (Lipinski definition) is 9. The number of thiophene rings is 2. The maximum atomic E-state index is 11.1. The average Bonchev–Trinajstić information content (AvgIpc) is 3.59. The van der Waals surface area contributed by atoms with Gasteiger partial charge < -0.3 is 9.47 Å². The highest BCUT2D eigenvalue weighted by Crippen LogP contribution is 2.38. The van der Waals surface area contributed by atoms with E-state index < -0.39 is 0 Å². The second kappa shape index (κ2) is 11.0. The maximum Gasteiger partial charge on any atom is 0.298 e. The fourth-order valence-electron chi connectivity index (χ4n) is 3.65. The molecule has 0 amide bonds. The minimum absolute atomic E-state index is 0.283. The van der Waals surface area contributed by atoms with Crippen LogP contribution < -0.4 is 9.47 Å². The first-order valence-electron chi connectivity index (χ1n) is 10.9. The first-order chi connectivity index (χ1) is 18.2. The third-order valence-corrected chi connectivity index (χ3v) is 7.24. The van der Waals surface area contributed by atoms with Gasteiger partial charge in [0.1, 0.15) is 11.5 Å². The minimum atomic E-state index is 0.283. The van der Waals surface area contributed by atoms with Crippen molar-refractivity contribution in [2.45, 2.75) is 6.92 Å². The molecule has 0 spiro atoms. The van der Waals surface area contributed by atoms with Crippen LogP contribution in [0.3, 0.4) is 0 Å². The van der Waals surface area contributed by atoms with Crippen molar-refractivity contribution in [2.75, 3.05) is 0 Å². The summed E-state index contributed by atoms with van der Waals surface area (Å²) in [5.41, 5.74) is 4.07. The topological polar surface area (TPSA) is 91.3 Å². The quantitative estimate of drug-likeness (QED) is 0.179. The Labute approximate surface area is 220 Å². The van der Waals surface area contributed by atoms with Gasteiger partial charge in [-0.05, 0) is 54.3 Å². The number of hydrogen-bond donors (Lipinski definition) is 0. The number of nitrogens with zero attached hydrogens (tertiary/aromatic N) is 3. The number of rotatable bonds is 8. The van der Waals surface area contributed by atoms with Crippen molar-refractivity contribution in [1.82, 2.24) is 15.0 Å². The predicted octanol–water partition coefficient (Wildman–Crippen LogP) is 6.10. The first-order valence-corrected chi connectivity index (χ1v) is 12.6. The molecule has 0 saturated heterocycles. The highest BCUT2D eigenvalue weighted by atomic mass is 32.1. The Morgan fingerprint density at radius 2 is 1.46 bits per heavy atom. The highest BCUT2D eigenvalue weighted by Gasteiger charge is 2.14. The summed E-state index contributed by atoms with van der Waals surface area (Å²) >= 11 is 3.30. The summed E-state index contributed by atoms with van der Waals surface area (Å²) in [6.07, 6.45) is 3.22. The van der Waals surface area contributed by atoms with Gasteiger partial charge in [0.2, 0.25) is 0 Å². The van der Waals surface area contributed by atoms with Crippen LogP contribution in [0.2, 0.25) is 0 Å². The van der Waals surface area contributed by atoms with Gasteiger partial charge >= 0.3 is 0 Å². The summed E-state index contributed by atoms with van der Waals surface area (Å²) in [6, 6.07) is 16.5. The van der Waals surface area contributed by atoms with E-state index in [9.17, 15) is 9.59 Å². The number of ether oxygens (including phenoxy) is 2. The molecule has 0 fully saturated rings.